The number of para-hydroxylation sites is 1. The minimum Gasteiger partial charge on any atom is -0.239 e. The maximum atomic E-state index is 6.20. The van der Waals surface area contributed by atoms with Gasteiger partial charge in [-0.15, -0.1) is 10.2 Å². The van der Waals surface area contributed by atoms with E-state index in [0.29, 0.717) is 17.4 Å². The van der Waals surface area contributed by atoms with Crippen molar-refractivity contribution in [3.05, 3.63) is 77.6 Å². The Balaban J connectivity index is 1.58. The molecule has 0 atom stereocenters. The van der Waals surface area contributed by atoms with Crippen molar-refractivity contribution in [1.29, 1.82) is 0 Å². The van der Waals surface area contributed by atoms with E-state index in [9.17, 15) is 0 Å². The normalized spacial score (nSPS) is 10.9. The van der Waals surface area contributed by atoms with Crippen LogP contribution in [0.2, 0.25) is 5.02 Å². The molecule has 0 fully saturated rings. The quantitative estimate of drug-likeness (QED) is 0.574. The molecule has 0 spiro atoms. The van der Waals surface area contributed by atoms with Crippen molar-refractivity contribution in [2.24, 2.45) is 0 Å². The highest BCUT2D eigenvalue weighted by molar-refractivity contribution is 6.32. The smallest absolute Gasteiger partial charge is 0.208 e. The summed E-state index contributed by atoms with van der Waals surface area (Å²) in [5.41, 5.74) is 2.71. The highest BCUT2D eigenvalue weighted by Crippen LogP contribution is 2.21. The number of hydrogen-bond acceptors (Lipinski definition) is 4. The van der Waals surface area contributed by atoms with Gasteiger partial charge in [0.15, 0.2) is 0 Å². The van der Waals surface area contributed by atoms with E-state index in [4.69, 9.17) is 11.6 Å². The van der Waals surface area contributed by atoms with E-state index < -0.39 is 0 Å². The fourth-order valence-electron chi connectivity index (χ4n) is 2.38. The molecule has 0 bridgehead atoms. The van der Waals surface area contributed by atoms with Crippen LogP contribution in [-0.4, -0.2) is 30.0 Å². The second-order valence-corrected chi connectivity index (χ2v) is 5.66. The maximum Gasteiger partial charge on any atom is 0.208 e. The molecule has 0 radical (unpaired) electrons. The Kier molecular flexibility index (Phi) is 3.80. The third kappa shape index (κ3) is 2.91. The summed E-state index contributed by atoms with van der Waals surface area (Å²) in [6.45, 7) is 0.576. The maximum absolute atomic E-state index is 6.20. The lowest BCUT2D eigenvalue weighted by atomic mass is 10.2. The molecule has 0 saturated heterocycles. The zero-order valence-electron chi connectivity index (χ0n) is 12.6. The molecule has 0 aliphatic carbocycles. The standard InChI is InChI=1S/C17H13ClN6/c18-15-8-4-5-9-16(15)23-12-14(10-19-23)17-20-22-24(21-17)11-13-6-2-1-3-7-13/h1-10,12H,11H2. The number of rotatable bonds is 4. The zero-order chi connectivity index (χ0) is 16.4. The highest BCUT2D eigenvalue weighted by atomic mass is 35.5. The Morgan fingerprint density at radius 2 is 1.75 bits per heavy atom. The summed E-state index contributed by atoms with van der Waals surface area (Å²) in [5, 5.41) is 17.6. The van der Waals surface area contributed by atoms with Gasteiger partial charge >= 0.3 is 0 Å². The SMILES string of the molecule is Clc1ccccc1-n1cc(-c2nnn(Cc3ccccc3)n2)cn1. The molecule has 0 aliphatic rings. The van der Waals surface area contributed by atoms with Crippen LogP contribution in [0.3, 0.4) is 0 Å². The Labute approximate surface area is 143 Å². The van der Waals surface area contributed by atoms with Crippen molar-refractivity contribution in [3.8, 4) is 17.1 Å². The van der Waals surface area contributed by atoms with E-state index in [0.717, 1.165) is 16.8 Å². The van der Waals surface area contributed by atoms with Crippen LogP contribution in [0.4, 0.5) is 0 Å². The molecule has 118 valence electrons. The van der Waals surface area contributed by atoms with Crippen molar-refractivity contribution in [3.63, 3.8) is 0 Å². The van der Waals surface area contributed by atoms with Gasteiger partial charge in [0.25, 0.3) is 0 Å². The molecule has 24 heavy (non-hydrogen) atoms. The summed E-state index contributed by atoms with van der Waals surface area (Å²) in [5.74, 6) is 0.532. The predicted molar refractivity (Wildman–Crippen MR) is 90.9 cm³/mol. The van der Waals surface area contributed by atoms with Crippen molar-refractivity contribution in [2.75, 3.05) is 0 Å². The van der Waals surface area contributed by atoms with Gasteiger partial charge in [0.2, 0.25) is 5.82 Å². The Morgan fingerprint density at radius 3 is 2.58 bits per heavy atom. The van der Waals surface area contributed by atoms with Gasteiger partial charge in [-0.05, 0) is 22.9 Å². The van der Waals surface area contributed by atoms with Crippen molar-refractivity contribution < 1.29 is 0 Å². The summed E-state index contributed by atoms with van der Waals surface area (Å²) < 4.78 is 1.70. The molecule has 0 unspecified atom stereocenters. The van der Waals surface area contributed by atoms with Gasteiger partial charge in [-0.25, -0.2) is 4.68 Å². The van der Waals surface area contributed by atoms with Crippen LogP contribution in [0.1, 0.15) is 5.56 Å². The predicted octanol–water partition coefficient (Wildman–Crippen LogP) is 3.23. The monoisotopic (exact) mass is 336 g/mol. The lowest BCUT2D eigenvalue weighted by Crippen LogP contribution is -2.03. The lowest BCUT2D eigenvalue weighted by molar-refractivity contribution is 0.573. The summed E-state index contributed by atoms with van der Waals surface area (Å²) >= 11 is 6.20. The van der Waals surface area contributed by atoms with Gasteiger partial charge in [0.05, 0.1) is 29.0 Å². The van der Waals surface area contributed by atoms with Crippen LogP contribution in [-0.2, 0) is 6.54 Å². The molecule has 0 amide bonds. The first kappa shape index (κ1) is 14.6. The van der Waals surface area contributed by atoms with Crippen molar-refractivity contribution >= 4 is 11.6 Å². The van der Waals surface area contributed by atoms with E-state index in [1.807, 2.05) is 60.8 Å². The zero-order valence-corrected chi connectivity index (χ0v) is 13.4. The van der Waals surface area contributed by atoms with Gasteiger partial charge in [-0.1, -0.05) is 54.1 Å². The minimum atomic E-state index is 0.532. The molecule has 6 nitrogen and oxygen atoms in total. The van der Waals surface area contributed by atoms with E-state index in [-0.39, 0.29) is 0 Å². The van der Waals surface area contributed by atoms with E-state index >= 15 is 0 Å². The van der Waals surface area contributed by atoms with Crippen molar-refractivity contribution in [1.82, 2.24) is 30.0 Å². The first-order valence-electron chi connectivity index (χ1n) is 7.41. The van der Waals surface area contributed by atoms with Gasteiger partial charge in [-0.2, -0.15) is 9.90 Å². The summed E-state index contributed by atoms with van der Waals surface area (Å²) in [6.07, 6.45) is 3.54. The first-order valence-corrected chi connectivity index (χ1v) is 7.79. The third-order valence-electron chi connectivity index (χ3n) is 3.56. The van der Waals surface area contributed by atoms with Crippen LogP contribution in [0, 0.1) is 0 Å². The van der Waals surface area contributed by atoms with Gasteiger partial charge < -0.3 is 0 Å². The molecule has 4 aromatic rings. The molecule has 0 saturated carbocycles. The summed E-state index contributed by atoms with van der Waals surface area (Å²) in [4.78, 5) is 1.57. The molecule has 2 heterocycles. The number of halogens is 1. The fraction of sp³-hybridized carbons (Fsp3) is 0.0588. The highest BCUT2D eigenvalue weighted by Gasteiger charge is 2.11. The number of benzene rings is 2. The number of aromatic nitrogens is 6. The van der Waals surface area contributed by atoms with Crippen LogP contribution < -0.4 is 0 Å². The van der Waals surface area contributed by atoms with E-state index in [2.05, 4.69) is 20.5 Å². The first-order chi connectivity index (χ1) is 11.8. The lowest BCUT2D eigenvalue weighted by Gasteiger charge is -2.02. The van der Waals surface area contributed by atoms with Crippen LogP contribution in [0.15, 0.2) is 67.0 Å². The van der Waals surface area contributed by atoms with Crippen molar-refractivity contribution in [2.45, 2.75) is 6.54 Å². The van der Waals surface area contributed by atoms with E-state index in [1.54, 1.807) is 15.7 Å². The van der Waals surface area contributed by atoms with Gasteiger partial charge in [-0.3, -0.25) is 0 Å². The fourth-order valence-corrected chi connectivity index (χ4v) is 2.60. The van der Waals surface area contributed by atoms with Crippen LogP contribution in [0.5, 0.6) is 0 Å². The van der Waals surface area contributed by atoms with Crippen LogP contribution >= 0.6 is 11.6 Å². The number of nitrogens with zero attached hydrogens (tertiary/aromatic N) is 6. The molecular weight excluding hydrogens is 324 g/mol. The Morgan fingerprint density at radius 1 is 0.958 bits per heavy atom. The molecule has 2 aromatic heterocycles. The van der Waals surface area contributed by atoms with Crippen LogP contribution in [0.25, 0.3) is 17.1 Å². The number of hydrogen-bond donors (Lipinski definition) is 0. The number of tetrazole rings is 1. The second-order valence-electron chi connectivity index (χ2n) is 5.25. The molecule has 4 rings (SSSR count). The largest absolute Gasteiger partial charge is 0.239 e. The second kappa shape index (κ2) is 6.25. The van der Waals surface area contributed by atoms with Gasteiger partial charge in [0, 0.05) is 6.20 Å². The average molecular weight is 337 g/mol. The summed E-state index contributed by atoms with van der Waals surface area (Å²) in [7, 11) is 0. The average Bonchev–Trinajstić information content (AvgIpc) is 3.25. The molecule has 0 aliphatic heterocycles. The molecule has 0 N–H and O–H groups in total. The van der Waals surface area contributed by atoms with E-state index in [1.165, 1.54) is 0 Å². The molecule has 7 heteroatoms. The minimum absolute atomic E-state index is 0.532. The molecule has 2 aromatic carbocycles. The molecular formula is C17H13ClN6. The topological polar surface area (TPSA) is 61.4 Å². The third-order valence-corrected chi connectivity index (χ3v) is 3.88. The summed E-state index contributed by atoms with van der Waals surface area (Å²) in [6, 6.07) is 17.5. The van der Waals surface area contributed by atoms with Gasteiger partial charge in [0.1, 0.15) is 0 Å². The Bertz CT molecular complexity index is 960. The Hall–Kier alpha value is -2.99.